The number of hydrogen-bond donors (Lipinski definition) is 1. The van der Waals surface area contributed by atoms with E-state index in [1.54, 1.807) is 6.92 Å². The predicted molar refractivity (Wildman–Crippen MR) is 71.5 cm³/mol. The molecule has 0 aliphatic carbocycles. The number of nitrogens with one attached hydrogen (secondary N) is 1. The molecule has 1 rings (SSSR count). The zero-order valence-corrected chi connectivity index (χ0v) is 12.1. The zero-order chi connectivity index (χ0) is 13.6. The molecule has 0 aliphatic heterocycles. The van der Waals surface area contributed by atoms with Crippen LogP contribution in [0.4, 0.5) is 5.13 Å². The number of carbonyl (C=O) groups is 1. The fraction of sp³-hybridized carbons (Fsp3) is 0.700. The summed E-state index contributed by atoms with van der Waals surface area (Å²) in [6.45, 7) is 3.79. The molecular formula is C10H17N3O3S2. The molecule has 0 unspecified atom stereocenters. The molecule has 18 heavy (non-hydrogen) atoms. The third-order valence-corrected chi connectivity index (χ3v) is 4.67. The van der Waals surface area contributed by atoms with Crippen molar-refractivity contribution in [1.29, 1.82) is 0 Å². The van der Waals surface area contributed by atoms with Gasteiger partial charge in [-0.25, -0.2) is 8.42 Å². The van der Waals surface area contributed by atoms with Crippen LogP contribution in [0.2, 0.25) is 0 Å². The highest BCUT2D eigenvalue weighted by atomic mass is 32.2. The van der Waals surface area contributed by atoms with E-state index in [0.717, 1.165) is 17.8 Å². The highest BCUT2D eigenvalue weighted by Gasteiger charge is 2.16. The monoisotopic (exact) mass is 291 g/mol. The predicted octanol–water partition coefficient (Wildman–Crippen LogP) is 1.25. The van der Waals surface area contributed by atoms with Crippen LogP contribution in [0.1, 0.15) is 31.7 Å². The minimum Gasteiger partial charge on any atom is -0.300 e. The van der Waals surface area contributed by atoms with Crippen LogP contribution in [0.25, 0.3) is 0 Å². The molecule has 0 aliphatic rings. The number of hydrogen-bond acceptors (Lipinski definition) is 6. The number of aromatic nitrogens is 2. The number of amides is 1. The van der Waals surface area contributed by atoms with E-state index in [4.69, 9.17) is 0 Å². The van der Waals surface area contributed by atoms with E-state index in [1.165, 1.54) is 11.3 Å². The van der Waals surface area contributed by atoms with Crippen LogP contribution in [0.5, 0.6) is 0 Å². The Morgan fingerprint density at radius 1 is 1.28 bits per heavy atom. The van der Waals surface area contributed by atoms with Gasteiger partial charge in [0.25, 0.3) is 0 Å². The molecule has 0 atom stereocenters. The standard InChI is InChI=1S/C10H17N3O3S2/c1-3-5-9-12-13-10(17-9)11-8(14)7-18(15,16)6-4-2/h3-7H2,1-2H3,(H,11,13,14). The van der Waals surface area contributed by atoms with Gasteiger partial charge in [-0.05, 0) is 12.8 Å². The van der Waals surface area contributed by atoms with Crippen molar-refractivity contribution < 1.29 is 13.2 Å². The van der Waals surface area contributed by atoms with Crippen LogP contribution >= 0.6 is 11.3 Å². The average Bonchev–Trinajstić information content (AvgIpc) is 2.64. The molecule has 1 aromatic heterocycles. The number of anilines is 1. The Labute approximate surface area is 111 Å². The van der Waals surface area contributed by atoms with Crippen molar-refractivity contribution in [3.8, 4) is 0 Å². The second-order valence-corrected chi connectivity index (χ2v) is 7.14. The van der Waals surface area contributed by atoms with Crippen molar-refractivity contribution in [1.82, 2.24) is 10.2 Å². The smallest absolute Gasteiger partial charge is 0.241 e. The summed E-state index contributed by atoms with van der Waals surface area (Å²) in [5.74, 6) is -1.02. The highest BCUT2D eigenvalue weighted by molar-refractivity contribution is 7.92. The number of sulfone groups is 1. The first-order valence-corrected chi connectivity index (χ1v) is 8.43. The lowest BCUT2D eigenvalue weighted by Crippen LogP contribution is -2.24. The zero-order valence-electron chi connectivity index (χ0n) is 10.5. The van der Waals surface area contributed by atoms with Crippen molar-refractivity contribution in [2.24, 2.45) is 0 Å². The normalized spacial score (nSPS) is 11.4. The minimum atomic E-state index is -3.31. The van der Waals surface area contributed by atoms with E-state index in [1.807, 2.05) is 6.92 Å². The SMILES string of the molecule is CCCc1nnc(NC(=O)CS(=O)(=O)CCC)s1. The molecule has 0 saturated heterocycles. The molecule has 0 saturated carbocycles. The Morgan fingerprint density at radius 3 is 2.61 bits per heavy atom. The third kappa shape index (κ3) is 5.09. The highest BCUT2D eigenvalue weighted by Crippen LogP contribution is 2.16. The molecular weight excluding hydrogens is 274 g/mol. The van der Waals surface area contributed by atoms with Crippen molar-refractivity contribution in [2.45, 2.75) is 33.1 Å². The maximum Gasteiger partial charge on any atom is 0.241 e. The summed E-state index contributed by atoms with van der Waals surface area (Å²) >= 11 is 1.28. The Balaban J connectivity index is 2.54. The summed E-state index contributed by atoms with van der Waals surface area (Å²) in [7, 11) is -3.31. The number of rotatable bonds is 7. The van der Waals surface area contributed by atoms with Gasteiger partial charge >= 0.3 is 0 Å². The van der Waals surface area contributed by atoms with Crippen molar-refractivity contribution in [3.05, 3.63) is 5.01 Å². The van der Waals surface area contributed by atoms with Crippen molar-refractivity contribution in [2.75, 3.05) is 16.8 Å². The molecule has 0 spiro atoms. The van der Waals surface area contributed by atoms with Gasteiger partial charge in [-0.3, -0.25) is 10.1 Å². The van der Waals surface area contributed by atoms with Gasteiger partial charge in [0.15, 0.2) is 9.84 Å². The summed E-state index contributed by atoms with van der Waals surface area (Å²) < 4.78 is 22.9. The molecule has 102 valence electrons. The minimum absolute atomic E-state index is 0.0254. The summed E-state index contributed by atoms with van der Waals surface area (Å²) in [5, 5.41) is 11.3. The second kappa shape index (κ2) is 6.79. The second-order valence-electron chi connectivity index (χ2n) is 3.89. The molecule has 0 aromatic carbocycles. The van der Waals surface area contributed by atoms with Crippen LogP contribution in [-0.4, -0.2) is 36.0 Å². The molecule has 0 bridgehead atoms. The summed E-state index contributed by atoms with van der Waals surface area (Å²) in [6, 6.07) is 0. The van der Waals surface area contributed by atoms with Gasteiger partial charge < -0.3 is 0 Å². The maximum atomic E-state index is 11.5. The molecule has 1 heterocycles. The summed E-state index contributed by atoms with van der Waals surface area (Å²) in [5.41, 5.74) is 0. The van der Waals surface area contributed by atoms with Gasteiger partial charge in [-0.15, -0.1) is 10.2 Å². The van der Waals surface area contributed by atoms with E-state index in [0.29, 0.717) is 11.6 Å². The molecule has 6 nitrogen and oxygen atoms in total. The van der Waals surface area contributed by atoms with E-state index >= 15 is 0 Å². The first-order valence-electron chi connectivity index (χ1n) is 5.79. The Hall–Kier alpha value is -1.02. The van der Waals surface area contributed by atoms with Crippen molar-refractivity contribution >= 4 is 32.2 Å². The number of carbonyl (C=O) groups excluding carboxylic acids is 1. The topological polar surface area (TPSA) is 89.0 Å². The van der Waals surface area contributed by atoms with Crippen molar-refractivity contribution in [3.63, 3.8) is 0 Å². The van der Waals surface area contributed by atoms with Gasteiger partial charge in [0.2, 0.25) is 11.0 Å². The fourth-order valence-corrected chi connectivity index (χ4v) is 3.45. The molecule has 0 fully saturated rings. The van der Waals surface area contributed by atoms with Gasteiger partial charge in [0, 0.05) is 6.42 Å². The molecule has 0 radical (unpaired) electrons. The van der Waals surface area contributed by atoms with Crippen LogP contribution in [0, 0.1) is 0 Å². The third-order valence-electron chi connectivity index (χ3n) is 2.04. The largest absolute Gasteiger partial charge is 0.300 e. The molecule has 1 amide bonds. The maximum absolute atomic E-state index is 11.5. The van der Waals surface area contributed by atoms with Gasteiger partial charge in [-0.1, -0.05) is 25.2 Å². The van der Waals surface area contributed by atoms with Crippen LogP contribution in [-0.2, 0) is 21.1 Å². The Bertz CT molecular complexity index is 496. The Morgan fingerprint density at radius 2 is 2.00 bits per heavy atom. The van der Waals surface area contributed by atoms with Gasteiger partial charge in [0.1, 0.15) is 10.8 Å². The lowest BCUT2D eigenvalue weighted by molar-refractivity contribution is -0.113. The van der Waals surface area contributed by atoms with E-state index < -0.39 is 21.5 Å². The lowest BCUT2D eigenvalue weighted by atomic mass is 10.4. The molecule has 1 N–H and O–H groups in total. The first kappa shape index (κ1) is 15.0. The number of aryl methyl sites for hydroxylation is 1. The fourth-order valence-electron chi connectivity index (χ4n) is 1.36. The van der Waals surface area contributed by atoms with Crippen LogP contribution in [0.3, 0.4) is 0 Å². The van der Waals surface area contributed by atoms with E-state index in [-0.39, 0.29) is 5.75 Å². The summed E-state index contributed by atoms with van der Waals surface area (Å²) in [6.07, 6.45) is 2.27. The Kier molecular flexibility index (Phi) is 5.67. The number of nitrogens with zero attached hydrogens (tertiary/aromatic N) is 2. The first-order chi connectivity index (χ1) is 8.46. The van der Waals surface area contributed by atoms with Crippen LogP contribution in [0.15, 0.2) is 0 Å². The lowest BCUT2D eigenvalue weighted by Gasteiger charge is -2.01. The molecule has 1 aromatic rings. The molecule has 8 heteroatoms. The summed E-state index contributed by atoms with van der Waals surface area (Å²) in [4.78, 5) is 11.5. The van der Waals surface area contributed by atoms with E-state index in [9.17, 15) is 13.2 Å². The van der Waals surface area contributed by atoms with E-state index in [2.05, 4.69) is 15.5 Å². The van der Waals surface area contributed by atoms with Gasteiger partial charge in [0.05, 0.1) is 5.75 Å². The quantitative estimate of drug-likeness (QED) is 0.816. The van der Waals surface area contributed by atoms with Crippen LogP contribution < -0.4 is 5.32 Å². The average molecular weight is 291 g/mol. The van der Waals surface area contributed by atoms with Gasteiger partial charge in [-0.2, -0.15) is 0 Å².